The Morgan fingerprint density at radius 1 is 1.21 bits per heavy atom. The highest BCUT2D eigenvalue weighted by atomic mass is 19.1. The summed E-state index contributed by atoms with van der Waals surface area (Å²) in [5.74, 6) is 0.289. The van der Waals surface area contributed by atoms with Crippen molar-refractivity contribution in [1.29, 1.82) is 0 Å². The minimum Gasteiger partial charge on any atom is -0.491 e. The predicted molar refractivity (Wildman–Crippen MR) is 92.8 cm³/mol. The van der Waals surface area contributed by atoms with Crippen molar-refractivity contribution in [2.75, 3.05) is 5.32 Å². The number of rotatable bonds is 5. The van der Waals surface area contributed by atoms with Crippen molar-refractivity contribution in [3.63, 3.8) is 0 Å². The Kier molecular flexibility index (Phi) is 4.51. The number of hydrogen-bond donors (Lipinski definition) is 2. The van der Waals surface area contributed by atoms with Gasteiger partial charge in [0.05, 0.1) is 12.5 Å². The van der Waals surface area contributed by atoms with Gasteiger partial charge in [-0.1, -0.05) is 0 Å². The fraction of sp³-hybridized carbons (Fsp3) is 0.211. The third-order valence-electron chi connectivity index (χ3n) is 3.59. The van der Waals surface area contributed by atoms with Gasteiger partial charge in [0.15, 0.2) is 0 Å². The highest BCUT2D eigenvalue weighted by molar-refractivity contribution is 5.95. The maximum Gasteiger partial charge on any atom is 0.228 e. The molecule has 4 nitrogen and oxygen atoms in total. The average molecular weight is 326 g/mol. The number of nitrogens with one attached hydrogen (secondary N) is 2. The number of H-pyrrole nitrogens is 1. The molecule has 1 aromatic heterocycles. The fourth-order valence-electron chi connectivity index (χ4n) is 2.56. The molecule has 2 aromatic carbocycles. The fourth-order valence-corrected chi connectivity index (χ4v) is 2.56. The average Bonchev–Trinajstić information content (AvgIpc) is 2.91. The Morgan fingerprint density at radius 3 is 2.67 bits per heavy atom. The summed E-state index contributed by atoms with van der Waals surface area (Å²) in [5, 5.41) is 3.57. The Morgan fingerprint density at radius 2 is 1.96 bits per heavy atom. The number of halogens is 1. The number of ether oxygens (including phenoxy) is 1. The summed E-state index contributed by atoms with van der Waals surface area (Å²) < 4.78 is 18.9. The van der Waals surface area contributed by atoms with Crippen LogP contribution in [0.4, 0.5) is 10.1 Å². The van der Waals surface area contributed by atoms with Crippen LogP contribution in [0.3, 0.4) is 0 Å². The molecule has 0 aliphatic rings. The van der Waals surface area contributed by atoms with Gasteiger partial charge >= 0.3 is 0 Å². The molecule has 3 rings (SSSR count). The van der Waals surface area contributed by atoms with Crippen molar-refractivity contribution in [2.45, 2.75) is 26.4 Å². The van der Waals surface area contributed by atoms with Crippen molar-refractivity contribution < 1.29 is 13.9 Å². The molecule has 0 radical (unpaired) electrons. The monoisotopic (exact) mass is 326 g/mol. The van der Waals surface area contributed by atoms with Gasteiger partial charge in [0.25, 0.3) is 0 Å². The lowest BCUT2D eigenvalue weighted by Gasteiger charge is -2.10. The van der Waals surface area contributed by atoms with E-state index in [0.717, 1.165) is 22.2 Å². The van der Waals surface area contributed by atoms with Crippen LogP contribution in [-0.2, 0) is 11.2 Å². The zero-order chi connectivity index (χ0) is 17.1. The van der Waals surface area contributed by atoms with Gasteiger partial charge in [-0.25, -0.2) is 4.39 Å². The largest absolute Gasteiger partial charge is 0.491 e. The van der Waals surface area contributed by atoms with Gasteiger partial charge in [-0.2, -0.15) is 0 Å². The molecule has 0 saturated carbocycles. The predicted octanol–water partition coefficient (Wildman–Crippen LogP) is 4.28. The molecule has 0 saturated heterocycles. The van der Waals surface area contributed by atoms with Crippen LogP contribution in [0, 0.1) is 5.82 Å². The molecular weight excluding hydrogens is 307 g/mol. The number of fused-ring (bicyclic) bond motifs is 1. The van der Waals surface area contributed by atoms with E-state index in [1.165, 1.54) is 12.1 Å². The minimum absolute atomic E-state index is 0.104. The molecule has 5 heteroatoms. The van der Waals surface area contributed by atoms with Gasteiger partial charge < -0.3 is 15.0 Å². The van der Waals surface area contributed by atoms with E-state index in [0.29, 0.717) is 5.69 Å². The molecule has 1 amide bonds. The summed E-state index contributed by atoms with van der Waals surface area (Å²) in [6, 6.07) is 11.7. The zero-order valence-electron chi connectivity index (χ0n) is 13.6. The van der Waals surface area contributed by atoms with Gasteiger partial charge in [-0.05, 0) is 61.9 Å². The van der Waals surface area contributed by atoms with E-state index < -0.39 is 0 Å². The summed E-state index contributed by atoms with van der Waals surface area (Å²) >= 11 is 0. The maximum atomic E-state index is 13.4. The van der Waals surface area contributed by atoms with Gasteiger partial charge in [-0.3, -0.25) is 4.79 Å². The Balaban J connectivity index is 1.67. The van der Waals surface area contributed by atoms with E-state index in [2.05, 4.69) is 10.3 Å². The van der Waals surface area contributed by atoms with E-state index in [-0.39, 0.29) is 24.2 Å². The van der Waals surface area contributed by atoms with Crippen molar-refractivity contribution in [2.24, 2.45) is 0 Å². The summed E-state index contributed by atoms with van der Waals surface area (Å²) in [5.41, 5.74) is 2.28. The Bertz CT molecular complexity index is 853. The normalized spacial score (nSPS) is 11.0. The standard InChI is InChI=1S/C19H19FN2O2/c1-12(2)24-16-6-4-15(5-7-16)22-19(23)9-13-11-21-18-8-3-14(20)10-17(13)18/h3-8,10-12,21H,9H2,1-2H3,(H,22,23). The number of carbonyl (C=O) groups is 1. The van der Waals surface area contributed by atoms with Crippen LogP contribution in [0.5, 0.6) is 5.75 Å². The first-order valence-corrected chi connectivity index (χ1v) is 7.83. The summed E-state index contributed by atoms with van der Waals surface area (Å²) in [6.07, 6.45) is 2.02. The van der Waals surface area contributed by atoms with Crippen LogP contribution < -0.4 is 10.1 Å². The first-order chi connectivity index (χ1) is 11.5. The molecular formula is C19H19FN2O2. The first kappa shape index (κ1) is 16.1. The molecule has 0 aliphatic carbocycles. The van der Waals surface area contributed by atoms with Crippen molar-refractivity contribution in [1.82, 2.24) is 4.98 Å². The second-order valence-electron chi connectivity index (χ2n) is 5.92. The summed E-state index contributed by atoms with van der Waals surface area (Å²) in [6.45, 7) is 3.92. The lowest BCUT2D eigenvalue weighted by Crippen LogP contribution is -2.14. The van der Waals surface area contributed by atoms with Crippen LogP contribution in [0.1, 0.15) is 19.4 Å². The third-order valence-corrected chi connectivity index (χ3v) is 3.59. The lowest BCUT2D eigenvalue weighted by molar-refractivity contribution is -0.115. The molecule has 0 atom stereocenters. The highest BCUT2D eigenvalue weighted by Crippen LogP contribution is 2.21. The van der Waals surface area contributed by atoms with E-state index in [1.807, 2.05) is 26.0 Å². The number of aromatic nitrogens is 1. The molecule has 0 fully saturated rings. The van der Waals surface area contributed by atoms with Crippen LogP contribution in [0.2, 0.25) is 0 Å². The van der Waals surface area contributed by atoms with Gasteiger partial charge in [0.2, 0.25) is 5.91 Å². The van der Waals surface area contributed by atoms with Crippen LogP contribution in [-0.4, -0.2) is 17.0 Å². The highest BCUT2D eigenvalue weighted by Gasteiger charge is 2.10. The molecule has 124 valence electrons. The van der Waals surface area contributed by atoms with Gasteiger partial charge in [0.1, 0.15) is 11.6 Å². The number of carbonyl (C=O) groups excluding carboxylic acids is 1. The van der Waals surface area contributed by atoms with E-state index in [9.17, 15) is 9.18 Å². The molecule has 0 spiro atoms. The maximum absolute atomic E-state index is 13.4. The number of hydrogen-bond acceptors (Lipinski definition) is 2. The third kappa shape index (κ3) is 3.74. The quantitative estimate of drug-likeness (QED) is 0.735. The molecule has 1 heterocycles. The van der Waals surface area contributed by atoms with Crippen LogP contribution in [0.25, 0.3) is 10.9 Å². The number of benzene rings is 2. The van der Waals surface area contributed by atoms with E-state index >= 15 is 0 Å². The van der Waals surface area contributed by atoms with Crippen molar-refractivity contribution >= 4 is 22.5 Å². The Labute approximate surface area is 139 Å². The first-order valence-electron chi connectivity index (χ1n) is 7.83. The summed E-state index contributed by atoms with van der Waals surface area (Å²) in [4.78, 5) is 15.3. The molecule has 24 heavy (non-hydrogen) atoms. The van der Waals surface area contributed by atoms with Crippen molar-refractivity contribution in [3.8, 4) is 5.75 Å². The van der Waals surface area contributed by atoms with E-state index in [1.54, 1.807) is 24.4 Å². The van der Waals surface area contributed by atoms with Crippen molar-refractivity contribution in [3.05, 3.63) is 60.0 Å². The van der Waals surface area contributed by atoms with Gasteiger partial charge in [-0.15, -0.1) is 0 Å². The second kappa shape index (κ2) is 6.74. The van der Waals surface area contributed by atoms with Crippen LogP contribution >= 0.6 is 0 Å². The van der Waals surface area contributed by atoms with E-state index in [4.69, 9.17) is 4.74 Å². The SMILES string of the molecule is CC(C)Oc1ccc(NC(=O)Cc2c[nH]c3ccc(F)cc23)cc1. The zero-order valence-corrected chi connectivity index (χ0v) is 13.6. The molecule has 0 unspecified atom stereocenters. The van der Waals surface area contributed by atoms with Crippen LogP contribution in [0.15, 0.2) is 48.7 Å². The number of amides is 1. The molecule has 2 N–H and O–H groups in total. The second-order valence-corrected chi connectivity index (χ2v) is 5.92. The number of aromatic amines is 1. The van der Waals surface area contributed by atoms with Gasteiger partial charge in [0, 0.05) is 22.8 Å². The lowest BCUT2D eigenvalue weighted by atomic mass is 10.1. The molecule has 3 aromatic rings. The molecule has 0 bridgehead atoms. The Hall–Kier alpha value is -2.82. The minimum atomic E-state index is -0.315. The topological polar surface area (TPSA) is 54.1 Å². The number of anilines is 1. The summed E-state index contributed by atoms with van der Waals surface area (Å²) in [7, 11) is 0. The smallest absolute Gasteiger partial charge is 0.228 e. The molecule has 0 aliphatic heterocycles.